The lowest BCUT2D eigenvalue weighted by Gasteiger charge is -2.28. The fourth-order valence-corrected chi connectivity index (χ4v) is 6.23. The number of esters is 1. The summed E-state index contributed by atoms with van der Waals surface area (Å²) in [6, 6.07) is 15.0. The van der Waals surface area contributed by atoms with Crippen molar-refractivity contribution in [1.29, 1.82) is 0 Å². The zero-order valence-electron chi connectivity index (χ0n) is 26.4. The molecule has 8 heteroatoms. The molecule has 0 heterocycles. The predicted molar refractivity (Wildman–Crippen MR) is 176 cm³/mol. The predicted octanol–water partition coefficient (Wildman–Crippen LogP) is 9.24. The van der Waals surface area contributed by atoms with Gasteiger partial charge in [-0.2, -0.15) is 0 Å². The van der Waals surface area contributed by atoms with Gasteiger partial charge in [-0.1, -0.05) is 38.5 Å². The van der Waals surface area contributed by atoms with Crippen LogP contribution in [0.5, 0.6) is 11.5 Å². The van der Waals surface area contributed by atoms with Gasteiger partial charge in [0.05, 0.1) is 25.4 Å². The third kappa shape index (κ3) is 13.2. The zero-order chi connectivity index (χ0) is 31.6. The quantitative estimate of drug-likeness (QED) is 0.0506. The van der Waals surface area contributed by atoms with Crippen LogP contribution in [0, 0.1) is 5.92 Å². The van der Waals surface area contributed by atoms with E-state index in [9.17, 15) is 14.4 Å². The highest BCUT2D eigenvalue weighted by Crippen LogP contribution is 2.38. The molecule has 0 aromatic heterocycles. The summed E-state index contributed by atoms with van der Waals surface area (Å²) in [5, 5.41) is 0. The average Bonchev–Trinajstić information content (AvgIpc) is 3.03. The molecule has 240 valence electrons. The van der Waals surface area contributed by atoms with E-state index in [0.29, 0.717) is 54.3 Å². The first-order chi connectivity index (χ1) is 21.4. The molecule has 0 spiro atoms. The molecule has 1 aliphatic carbocycles. The van der Waals surface area contributed by atoms with E-state index in [1.54, 1.807) is 31.2 Å². The van der Waals surface area contributed by atoms with Crippen molar-refractivity contribution >= 4 is 26.2 Å². The molecule has 3 rings (SSSR count). The fraction of sp³-hybridized carbons (Fsp3) is 0.528. The van der Waals surface area contributed by atoms with Gasteiger partial charge in [-0.25, -0.2) is 9.59 Å². The number of rotatable bonds is 19. The summed E-state index contributed by atoms with van der Waals surface area (Å²) in [7, 11) is 0.174. The molecule has 1 atom stereocenters. The van der Waals surface area contributed by atoms with Crippen molar-refractivity contribution in [1.82, 2.24) is 0 Å². The van der Waals surface area contributed by atoms with Gasteiger partial charge in [0, 0.05) is 0 Å². The highest BCUT2D eigenvalue weighted by atomic mass is 31.1. The minimum absolute atomic E-state index is 0.0690. The van der Waals surface area contributed by atoms with Gasteiger partial charge in [-0.05, 0) is 139 Å². The number of benzene rings is 2. The lowest BCUT2D eigenvalue weighted by Crippen LogP contribution is -2.13. The Hall–Kier alpha value is -3.18. The Morgan fingerprint density at radius 2 is 1.41 bits per heavy atom. The SMILES string of the molecule is C=C(C)C(=O)PCCCOC(=O)OCCCCCCOc1ccc(C(=O)Oc2ccc(C3CCC(CCC)CC3)cc2)cc1. The lowest BCUT2D eigenvalue weighted by atomic mass is 9.77. The highest BCUT2D eigenvalue weighted by molar-refractivity contribution is 7.58. The highest BCUT2D eigenvalue weighted by Gasteiger charge is 2.22. The van der Waals surface area contributed by atoms with Gasteiger partial charge in [0.2, 0.25) is 0 Å². The Kier molecular flexibility index (Phi) is 16.0. The minimum atomic E-state index is -0.664. The maximum atomic E-state index is 12.6. The molecule has 0 amide bonds. The topological polar surface area (TPSA) is 88.1 Å². The largest absolute Gasteiger partial charge is 0.508 e. The van der Waals surface area contributed by atoms with E-state index < -0.39 is 6.16 Å². The molecular formula is C36H49O7P. The summed E-state index contributed by atoms with van der Waals surface area (Å²) < 4.78 is 21.5. The fourth-order valence-electron chi connectivity index (χ4n) is 5.38. The molecule has 7 nitrogen and oxygen atoms in total. The molecule has 1 saturated carbocycles. The van der Waals surface area contributed by atoms with Crippen LogP contribution in [0.15, 0.2) is 60.7 Å². The molecule has 0 bridgehead atoms. The van der Waals surface area contributed by atoms with Crippen molar-refractivity contribution in [3.63, 3.8) is 0 Å². The summed E-state index contributed by atoms with van der Waals surface area (Å²) in [5.41, 5.74) is 2.45. The van der Waals surface area contributed by atoms with Crippen LogP contribution in [-0.4, -0.2) is 43.6 Å². The third-order valence-electron chi connectivity index (χ3n) is 7.94. The van der Waals surface area contributed by atoms with Crippen LogP contribution in [0.25, 0.3) is 0 Å². The van der Waals surface area contributed by atoms with Crippen molar-refractivity contribution in [3.05, 3.63) is 71.8 Å². The van der Waals surface area contributed by atoms with E-state index in [1.165, 1.54) is 44.1 Å². The summed E-state index contributed by atoms with van der Waals surface area (Å²) >= 11 is 0. The van der Waals surface area contributed by atoms with Crippen molar-refractivity contribution in [3.8, 4) is 11.5 Å². The molecule has 0 saturated heterocycles. The number of hydrogen-bond donors (Lipinski definition) is 0. The zero-order valence-corrected chi connectivity index (χ0v) is 27.4. The van der Waals surface area contributed by atoms with E-state index in [1.807, 2.05) is 12.1 Å². The van der Waals surface area contributed by atoms with Crippen LogP contribution in [0.4, 0.5) is 4.79 Å². The van der Waals surface area contributed by atoms with E-state index in [0.717, 1.165) is 31.6 Å². The molecule has 44 heavy (non-hydrogen) atoms. The van der Waals surface area contributed by atoms with Crippen LogP contribution in [0.1, 0.15) is 106 Å². The first kappa shape index (κ1) is 35.3. The van der Waals surface area contributed by atoms with Gasteiger partial charge < -0.3 is 18.9 Å². The van der Waals surface area contributed by atoms with E-state index in [-0.39, 0.29) is 26.7 Å². The average molecular weight is 625 g/mol. The summed E-state index contributed by atoms with van der Waals surface area (Å²) in [6.45, 7) is 8.73. The van der Waals surface area contributed by atoms with Gasteiger partial charge in [0.25, 0.3) is 0 Å². The molecule has 0 N–H and O–H groups in total. The minimum Gasteiger partial charge on any atom is -0.494 e. The van der Waals surface area contributed by atoms with Crippen LogP contribution < -0.4 is 9.47 Å². The molecule has 0 radical (unpaired) electrons. The van der Waals surface area contributed by atoms with E-state index >= 15 is 0 Å². The molecule has 2 aromatic carbocycles. The normalized spacial score (nSPS) is 16.4. The van der Waals surface area contributed by atoms with Crippen LogP contribution in [0.3, 0.4) is 0 Å². The van der Waals surface area contributed by atoms with Crippen molar-refractivity contribution in [2.75, 3.05) is 26.0 Å². The second-order valence-corrected chi connectivity index (χ2v) is 12.9. The summed E-state index contributed by atoms with van der Waals surface area (Å²) in [4.78, 5) is 35.7. The molecule has 1 fully saturated rings. The lowest BCUT2D eigenvalue weighted by molar-refractivity contribution is -0.108. The van der Waals surface area contributed by atoms with E-state index in [4.69, 9.17) is 18.9 Å². The second kappa shape index (κ2) is 20.0. The van der Waals surface area contributed by atoms with Crippen molar-refractivity contribution < 1.29 is 33.3 Å². The van der Waals surface area contributed by atoms with Crippen LogP contribution in [0.2, 0.25) is 0 Å². The number of carbonyl (C=O) groups is 3. The summed E-state index contributed by atoms with van der Waals surface area (Å²) in [6.07, 6.45) is 11.9. The molecule has 2 aromatic rings. The number of allylic oxidation sites excluding steroid dienone is 1. The monoisotopic (exact) mass is 624 g/mol. The number of hydrogen-bond acceptors (Lipinski definition) is 7. The van der Waals surface area contributed by atoms with Crippen LogP contribution in [-0.2, 0) is 14.3 Å². The van der Waals surface area contributed by atoms with Gasteiger partial charge >= 0.3 is 12.1 Å². The van der Waals surface area contributed by atoms with Gasteiger partial charge in [-0.3, -0.25) is 4.79 Å². The molecular weight excluding hydrogens is 575 g/mol. The Morgan fingerprint density at radius 1 is 0.795 bits per heavy atom. The number of ether oxygens (including phenoxy) is 4. The van der Waals surface area contributed by atoms with Crippen molar-refractivity contribution in [2.24, 2.45) is 5.92 Å². The Bertz CT molecular complexity index is 1170. The Morgan fingerprint density at radius 3 is 2.05 bits per heavy atom. The Balaban J connectivity index is 1.22. The standard InChI is InChI=1S/C36H49O7P/c1-4-10-28-11-13-29(14-12-28)30-15-21-33(22-16-30)43-34(37)31-17-19-32(20-18-31)40-23-7-5-6-8-24-41-36(39)42-25-9-26-44-35(38)27(2)3/h15-22,28-29,44H,2,4-14,23-26H2,1,3H3. The van der Waals surface area contributed by atoms with Gasteiger partial charge in [0.1, 0.15) is 11.5 Å². The molecule has 1 unspecified atom stereocenters. The first-order valence-electron chi connectivity index (χ1n) is 16.1. The third-order valence-corrected chi connectivity index (χ3v) is 9.29. The van der Waals surface area contributed by atoms with Gasteiger partial charge in [0.15, 0.2) is 5.52 Å². The molecule has 1 aliphatic rings. The van der Waals surface area contributed by atoms with Crippen molar-refractivity contribution in [2.45, 2.75) is 90.4 Å². The smallest absolute Gasteiger partial charge is 0.494 e. The molecule has 0 aliphatic heterocycles. The number of unbranched alkanes of at least 4 members (excludes halogenated alkanes) is 3. The van der Waals surface area contributed by atoms with Crippen LogP contribution >= 0.6 is 8.58 Å². The van der Waals surface area contributed by atoms with Gasteiger partial charge in [-0.15, -0.1) is 0 Å². The van der Waals surface area contributed by atoms with E-state index in [2.05, 4.69) is 25.6 Å². The maximum Gasteiger partial charge on any atom is 0.508 e. The Labute approximate surface area is 264 Å². The maximum absolute atomic E-state index is 12.6. The first-order valence-corrected chi connectivity index (χ1v) is 17.3. The summed E-state index contributed by atoms with van der Waals surface area (Å²) in [5.74, 6) is 2.38. The second-order valence-electron chi connectivity index (χ2n) is 11.6. The number of carbonyl (C=O) groups excluding carboxylic acids is 3.